The van der Waals surface area contributed by atoms with Crippen molar-refractivity contribution in [2.45, 2.75) is 26.2 Å². The van der Waals surface area contributed by atoms with Crippen molar-refractivity contribution in [2.75, 3.05) is 11.4 Å². The summed E-state index contributed by atoms with van der Waals surface area (Å²) in [7, 11) is 1.87. The molecule has 0 spiro atoms. The fourth-order valence-corrected chi connectivity index (χ4v) is 3.76. The molecular weight excluding hydrogens is 343 g/mol. The van der Waals surface area contributed by atoms with E-state index >= 15 is 0 Å². The second-order valence-electron chi connectivity index (χ2n) is 6.92. The van der Waals surface area contributed by atoms with Gasteiger partial charge in [-0.1, -0.05) is 30.3 Å². The fourth-order valence-electron chi connectivity index (χ4n) is 3.76. The normalized spacial score (nSPS) is 13.5. The lowest BCUT2D eigenvalue weighted by atomic mass is 9.97. The van der Waals surface area contributed by atoms with E-state index in [9.17, 15) is 9.18 Å². The molecule has 3 aromatic rings. The summed E-state index contributed by atoms with van der Waals surface area (Å²) in [6.45, 7) is 2.49. The number of aryl methyl sites for hydroxylation is 2. The second-order valence-corrected chi connectivity index (χ2v) is 6.92. The smallest absolute Gasteiger partial charge is 0.234 e. The van der Waals surface area contributed by atoms with Gasteiger partial charge in [-0.2, -0.15) is 0 Å². The van der Waals surface area contributed by atoms with Crippen LogP contribution in [-0.4, -0.2) is 27.2 Å². The molecule has 6 heteroatoms. The van der Waals surface area contributed by atoms with Crippen molar-refractivity contribution < 1.29 is 9.18 Å². The fraction of sp³-hybridized carbons (Fsp3) is 0.286. The number of fused-ring (bicyclic) bond motifs is 1. The quantitative estimate of drug-likeness (QED) is 0.715. The van der Waals surface area contributed by atoms with Crippen LogP contribution in [0.3, 0.4) is 0 Å². The molecule has 4 rings (SSSR count). The lowest BCUT2D eigenvalue weighted by molar-refractivity contribution is -0.118. The van der Waals surface area contributed by atoms with Crippen LogP contribution < -0.4 is 4.90 Å². The van der Waals surface area contributed by atoms with Gasteiger partial charge in [0.1, 0.15) is 11.6 Å². The van der Waals surface area contributed by atoms with Crippen LogP contribution in [0.25, 0.3) is 11.4 Å². The minimum atomic E-state index is -0.249. The predicted molar refractivity (Wildman–Crippen MR) is 102 cm³/mol. The van der Waals surface area contributed by atoms with Gasteiger partial charge in [0.05, 0.1) is 6.42 Å². The molecule has 0 bridgehead atoms. The van der Waals surface area contributed by atoms with Crippen LogP contribution >= 0.6 is 0 Å². The van der Waals surface area contributed by atoms with Gasteiger partial charge in [0.2, 0.25) is 5.91 Å². The zero-order chi connectivity index (χ0) is 19.0. The first-order chi connectivity index (χ1) is 13.0. The zero-order valence-corrected chi connectivity index (χ0v) is 15.4. The Morgan fingerprint density at radius 3 is 2.74 bits per heavy atom. The molecular formula is C21H21FN4O. The molecule has 0 atom stereocenters. The first-order valence-electron chi connectivity index (χ1n) is 9.07. The molecule has 1 aliphatic heterocycles. The molecule has 27 heavy (non-hydrogen) atoms. The molecule has 0 unspecified atom stereocenters. The number of carbonyl (C=O) groups is 1. The molecule has 0 saturated carbocycles. The van der Waals surface area contributed by atoms with Crippen molar-refractivity contribution in [2.24, 2.45) is 7.05 Å². The molecule has 0 fully saturated rings. The van der Waals surface area contributed by atoms with E-state index in [0.29, 0.717) is 12.4 Å². The number of hydrogen-bond acceptors (Lipinski definition) is 3. The Balaban J connectivity index is 1.61. The van der Waals surface area contributed by atoms with Crippen molar-refractivity contribution in [3.8, 4) is 11.4 Å². The highest BCUT2D eigenvalue weighted by Crippen LogP contribution is 2.32. The summed E-state index contributed by atoms with van der Waals surface area (Å²) in [5.74, 6) is 1.06. The summed E-state index contributed by atoms with van der Waals surface area (Å²) < 4.78 is 15.6. The summed E-state index contributed by atoms with van der Waals surface area (Å²) in [6, 6.07) is 12.8. The SMILES string of the molecule is Cc1cc(F)cc2c1N(C(=O)Cc1nnc(-c3ccccc3)n1C)CCC2. The first kappa shape index (κ1) is 17.4. The second kappa shape index (κ2) is 6.95. The summed E-state index contributed by atoms with van der Waals surface area (Å²) in [5.41, 5.74) is 3.50. The number of hydrogen-bond donors (Lipinski definition) is 0. The molecule has 0 radical (unpaired) electrons. The third-order valence-corrected chi connectivity index (χ3v) is 5.05. The Morgan fingerprint density at radius 2 is 1.96 bits per heavy atom. The minimum Gasteiger partial charge on any atom is -0.314 e. The molecule has 0 aliphatic carbocycles. The average molecular weight is 364 g/mol. The highest BCUT2D eigenvalue weighted by Gasteiger charge is 2.26. The Morgan fingerprint density at radius 1 is 1.19 bits per heavy atom. The highest BCUT2D eigenvalue weighted by molar-refractivity contribution is 5.96. The summed E-state index contributed by atoms with van der Waals surface area (Å²) in [4.78, 5) is 14.8. The lowest BCUT2D eigenvalue weighted by Crippen LogP contribution is -2.37. The maximum Gasteiger partial charge on any atom is 0.234 e. The van der Waals surface area contributed by atoms with Gasteiger partial charge < -0.3 is 9.47 Å². The Kier molecular flexibility index (Phi) is 4.48. The first-order valence-corrected chi connectivity index (χ1v) is 9.07. The van der Waals surface area contributed by atoms with Gasteiger partial charge in [-0.05, 0) is 43.0 Å². The van der Waals surface area contributed by atoms with Gasteiger partial charge in [0, 0.05) is 24.8 Å². The summed E-state index contributed by atoms with van der Waals surface area (Å²) >= 11 is 0. The van der Waals surface area contributed by atoms with Crippen molar-refractivity contribution in [3.63, 3.8) is 0 Å². The van der Waals surface area contributed by atoms with Crippen LogP contribution in [0.4, 0.5) is 10.1 Å². The van der Waals surface area contributed by atoms with Crippen LogP contribution in [0, 0.1) is 12.7 Å². The topological polar surface area (TPSA) is 51.0 Å². The Labute approximate surface area is 157 Å². The average Bonchev–Trinajstić information content (AvgIpc) is 3.02. The number of aromatic nitrogens is 3. The predicted octanol–water partition coefficient (Wildman–Crippen LogP) is 3.45. The number of anilines is 1. The minimum absolute atomic E-state index is 0.0410. The van der Waals surface area contributed by atoms with Crippen molar-refractivity contribution in [1.82, 2.24) is 14.8 Å². The molecule has 1 aliphatic rings. The van der Waals surface area contributed by atoms with Crippen LogP contribution in [0.15, 0.2) is 42.5 Å². The van der Waals surface area contributed by atoms with Gasteiger partial charge in [0.25, 0.3) is 0 Å². The number of nitrogens with zero attached hydrogens (tertiary/aromatic N) is 4. The molecule has 0 N–H and O–H groups in total. The molecule has 1 aromatic heterocycles. The highest BCUT2D eigenvalue weighted by atomic mass is 19.1. The zero-order valence-electron chi connectivity index (χ0n) is 15.4. The number of benzene rings is 2. The molecule has 2 heterocycles. The molecule has 0 saturated heterocycles. The van der Waals surface area contributed by atoms with Gasteiger partial charge >= 0.3 is 0 Å². The van der Waals surface area contributed by atoms with E-state index in [1.54, 1.807) is 4.90 Å². The molecule has 5 nitrogen and oxygen atoms in total. The van der Waals surface area contributed by atoms with Crippen LogP contribution in [0.5, 0.6) is 0 Å². The van der Waals surface area contributed by atoms with Crippen LogP contribution in [0.1, 0.15) is 23.4 Å². The van der Waals surface area contributed by atoms with E-state index in [1.807, 2.05) is 48.9 Å². The maximum absolute atomic E-state index is 13.7. The van der Waals surface area contributed by atoms with E-state index in [0.717, 1.165) is 41.0 Å². The third-order valence-electron chi connectivity index (χ3n) is 5.05. The molecule has 138 valence electrons. The number of halogens is 1. The molecule has 2 aromatic carbocycles. The monoisotopic (exact) mass is 364 g/mol. The van der Waals surface area contributed by atoms with E-state index in [4.69, 9.17) is 0 Å². The van der Waals surface area contributed by atoms with Gasteiger partial charge in [0.15, 0.2) is 5.82 Å². The van der Waals surface area contributed by atoms with Crippen molar-refractivity contribution in [3.05, 3.63) is 65.2 Å². The van der Waals surface area contributed by atoms with Crippen LogP contribution in [-0.2, 0) is 24.7 Å². The standard InChI is InChI=1S/C21H21FN4O/c1-14-11-17(22)12-16-9-6-10-26(20(14)16)19(27)13-18-23-24-21(25(18)2)15-7-4-3-5-8-15/h3-5,7-8,11-12H,6,9-10,13H2,1-2H3. The van der Waals surface area contributed by atoms with Crippen LogP contribution in [0.2, 0.25) is 0 Å². The van der Waals surface area contributed by atoms with E-state index in [-0.39, 0.29) is 18.1 Å². The Bertz CT molecular complexity index is 997. The summed E-state index contributed by atoms with van der Waals surface area (Å²) in [5, 5.41) is 8.48. The number of carbonyl (C=O) groups excluding carboxylic acids is 1. The number of amides is 1. The lowest BCUT2D eigenvalue weighted by Gasteiger charge is -2.31. The Hall–Kier alpha value is -3.02. The number of rotatable bonds is 3. The molecule has 1 amide bonds. The van der Waals surface area contributed by atoms with Crippen molar-refractivity contribution >= 4 is 11.6 Å². The van der Waals surface area contributed by atoms with Gasteiger partial charge in [-0.15, -0.1) is 10.2 Å². The van der Waals surface area contributed by atoms with E-state index < -0.39 is 0 Å². The maximum atomic E-state index is 13.7. The third kappa shape index (κ3) is 3.23. The van der Waals surface area contributed by atoms with Crippen molar-refractivity contribution in [1.29, 1.82) is 0 Å². The summed E-state index contributed by atoms with van der Waals surface area (Å²) in [6.07, 6.45) is 1.78. The van der Waals surface area contributed by atoms with Gasteiger partial charge in [-0.25, -0.2) is 4.39 Å². The van der Waals surface area contributed by atoms with E-state index in [2.05, 4.69) is 10.2 Å². The largest absolute Gasteiger partial charge is 0.314 e. The van der Waals surface area contributed by atoms with Gasteiger partial charge in [-0.3, -0.25) is 4.79 Å². The van der Waals surface area contributed by atoms with E-state index in [1.165, 1.54) is 12.1 Å².